The minimum Gasteiger partial charge on any atom is -0.493 e. The van der Waals surface area contributed by atoms with Crippen LogP contribution in [0.1, 0.15) is 0 Å². The topological polar surface area (TPSA) is 18.5 Å². The van der Waals surface area contributed by atoms with E-state index in [1.54, 1.807) is 0 Å². The molecule has 0 bridgehead atoms. The highest BCUT2D eigenvalue weighted by molar-refractivity contribution is 5.39. The molecule has 1 aromatic carbocycles. The molecule has 2 nitrogen and oxygen atoms in total. The summed E-state index contributed by atoms with van der Waals surface area (Å²) >= 11 is 0. The number of rotatable bonds is 4. The lowest BCUT2D eigenvalue weighted by molar-refractivity contribution is -0.253. The monoisotopic (exact) mass is 224 g/mol. The minimum atomic E-state index is -4.52. The molecule has 1 aromatic rings. The smallest absolute Gasteiger partial charge is 0.461 e. The van der Waals surface area contributed by atoms with Crippen molar-refractivity contribution in [3.05, 3.63) is 24.3 Å². The van der Waals surface area contributed by atoms with Crippen LogP contribution in [0, 0.1) is 0 Å². The zero-order valence-corrected chi connectivity index (χ0v) is 7.72. The molecule has 0 saturated carbocycles. The maximum Gasteiger partial charge on any atom is 0.461 e. The molecule has 0 aliphatic heterocycles. The van der Waals surface area contributed by atoms with Gasteiger partial charge in [-0.25, -0.2) is 0 Å². The minimum absolute atomic E-state index is 0.0298. The van der Waals surface area contributed by atoms with Gasteiger partial charge in [0, 0.05) is 0 Å². The zero-order valence-electron chi connectivity index (χ0n) is 7.72. The van der Waals surface area contributed by atoms with Gasteiger partial charge in [0.05, 0.1) is 7.11 Å². The van der Waals surface area contributed by atoms with Gasteiger partial charge in [0.2, 0.25) is 0 Å². The lowest BCUT2D eigenvalue weighted by Crippen LogP contribution is -2.33. The second kappa shape index (κ2) is 4.37. The highest BCUT2D eigenvalue weighted by Gasteiger charge is 2.44. The molecular weight excluding hydrogens is 216 g/mol. The number of ether oxygens (including phenoxy) is 2. The Labute approximate surface area is 83.4 Å². The number of para-hydroxylation sites is 2. The SMILES string of the molecule is COc1ccccc1OC(F)(F)C(F)F. The molecule has 0 saturated heterocycles. The van der Waals surface area contributed by atoms with Crippen LogP contribution >= 0.6 is 0 Å². The van der Waals surface area contributed by atoms with Crippen molar-refractivity contribution in [1.29, 1.82) is 0 Å². The average Bonchev–Trinajstić information content (AvgIpc) is 2.18. The molecule has 0 atom stereocenters. The summed E-state index contributed by atoms with van der Waals surface area (Å²) in [6.45, 7) is 0. The summed E-state index contributed by atoms with van der Waals surface area (Å²) in [6.07, 6.45) is -8.41. The Balaban J connectivity index is 2.89. The molecule has 0 aliphatic carbocycles. The number of methoxy groups -OCH3 is 1. The van der Waals surface area contributed by atoms with E-state index in [9.17, 15) is 17.6 Å². The number of halogens is 4. The van der Waals surface area contributed by atoms with E-state index < -0.39 is 18.3 Å². The predicted molar refractivity (Wildman–Crippen MR) is 44.6 cm³/mol. The van der Waals surface area contributed by atoms with Gasteiger partial charge in [-0.05, 0) is 12.1 Å². The van der Waals surface area contributed by atoms with Crippen molar-refractivity contribution in [1.82, 2.24) is 0 Å². The van der Waals surface area contributed by atoms with Gasteiger partial charge in [-0.1, -0.05) is 12.1 Å². The van der Waals surface area contributed by atoms with Crippen LogP contribution in [0.2, 0.25) is 0 Å². The van der Waals surface area contributed by atoms with Crippen molar-refractivity contribution in [2.75, 3.05) is 7.11 Å². The van der Waals surface area contributed by atoms with Crippen molar-refractivity contribution in [3.8, 4) is 11.5 Å². The van der Waals surface area contributed by atoms with Crippen LogP contribution in [-0.4, -0.2) is 19.6 Å². The molecular formula is C9H8F4O2. The number of benzene rings is 1. The summed E-state index contributed by atoms with van der Waals surface area (Å²) in [5, 5.41) is 0. The second-order valence-electron chi connectivity index (χ2n) is 2.62. The second-order valence-corrected chi connectivity index (χ2v) is 2.62. The Hall–Kier alpha value is -1.46. The van der Waals surface area contributed by atoms with Crippen LogP contribution in [-0.2, 0) is 0 Å². The molecule has 0 unspecified atom stereocenters. The van der Waals surface area contributed by atoms with Gasteiger partial charge in [0.15, 0.2) is 11.5 Å². The van der Waals surface area contributed by atoms with E-state index in [-0.39, 0.29) is 5.75 Å². The van der Waals surface area contributed by atoms with E-state index >= 15 is 0 Å². The first-order valence-corrected chi connectivity index (χ1v) is 3.95. The normalized spacial score (nSPS) is 11.6. The van der Waals surface area contributed by atoms with E-state index in [1.165, 1.54) is 25.3 Å². The van der Waals surface area contributed by atoms with Crippen molar-refractivity contribution in [2.24, 2.45) is 0 Å². The fourth-order valence-electron chi connectivity index (χ4n) is 0.894. The molecule has 0 radical (unpaired) electrons. The zero-order chi connectivity index (χ0) is 11.5. The molecule has 6 heteroatoms. The molecule has 0 N–H and O–H groups in total. The van der Waals surface area contributed by atoms with Crippen molar-refractivity contribution in [2.45, 2.75) is 12.5 Å². The Morgan fingerprint density at radius 3 is 2.13 bits per heavy atom. The molecule has 15 heavy (non-hydrogen) atoms. The summed E-state index contributed by atoms with van der Waals surface area (Å²) < 4.78 is 57.2. The molecule has 1 rings (SSSR count). The van der Waals surface area contributed by atoms with Gasteiger partial charge in [0.1, 0.15) is 0 Å². The Morgan fingerprint density at radius 1 is 1.13 bits per heavy atom. The van der Waals surface area contributed by atoms with E-state index in [0.29, 0.717) is 0 Å². The highest BCUT2D eigenvalue weighted by Crippen LogP contribution is 2.33. The van der Waals surface area contributed by atoms with E-state index in [1.807, 2.05) is 0 Å². The van der Waals surface area contributed by atoms with Gasteiger partial charge < -0.3 is 9.47 Å². The largest absolute Gasteiger partial charge is 0.493 e. The van der Waals surface area contributed by atoms with Gasteiger partial charge >= 0.3 is 12.5 Å². The van der Waals surface area contributed by atoms with Crippen LogP contribution < -0.4 is 9.47 Å². The number of alkyl halides is 4. The first kappa shape index (κ1) is 11.6. The standard InChI is InChI=1S/C9H8F4O2/c1-14-6-4-2-3-5-7(6)15-9(12,13)8(10)11/h2-5,8H,1H3. The van der Waals surface area contributed by atoms with Gasteiger partial charge in [0.25, 0.3) is 0 Å². The predicted octanol–water partition coefficient (Wildman–Crippen LogP) is 2.93. The third-order valence-electron chi connectivity index (χ3n) is 1.57. The third kappa shape index (κ3) is 2.74. The summed E-state index contributed by atoms with van der Waals surface area (Å²) in [6, 6.07) is 5.33. The Morgan fingerprint density at radius 2 is 1.67 bits per heavy atom. The number of hydrogen-bond acceptors (Lipinski definition) is 2. The molecule has 0 fully saturated rings. The molecule has 84 valence electrons. The third-order valence-corrected chi connectivity index (χ3v) is 1.57. The summed E-state index contributed by atoms with van der Waals surface area (Å²) in [5.41, 5.74) is 0. The first-order chi connectivity index (χ1) is 6.97. The maximum atomic E-state index is 12.5. The molecule has 0 spiro atoms. The molecule has 0 amide bonds. The van der Waals surface area contributed by atoms with Gasteiger partial charge in [-0.3, -0.25) is 0 Å². The van der Waals surface area contributed by atoms with Gasteiger partial charge in [-0.2, -0.15) is 17.6 Å². The van der Waals surface area contributed by atoms with E-state index in [4.69, 9.17) is 0 Å². The van der Waals surface area contributed by atoms with Crippen molar-refractivity contribution >= 4 is 0 Å². The molecule has 0 aliphatic rings. The molecule has 0 heterocycles. The van der Waals surface area contributed by atoms with Crippen molar-refractivity contribution < 1.29 is 27.0 Å². The lowest BCUT2D eigenvalue weighted by atomic mass is 10.3. The Kier molecular flexibility index (Phi) is 3.39. The summed E-state index contributed by atoms with van der Waals surface area (Å²) in [4.78, 5) is 0. The Bertz CT molecular complexity index is 328. The summed E-state index contributed by atoms with van der Waals surface area (Å²) in [7, 11) is 1.22. The van der Waals surface area contributed by atoms with E-state index in [0.717, 1.165) is 6.07 Å². The average molecular weight is 224 g/mol. The summed E-state index contributed by atoms with van der Waals surface area (Å²) in [5.74, 6) is -0.455. The fourth-order valence-corrected chi connectivity index (χ4v) is 0.894. The highest BCUT2D eigenvalue weighted by atomic mass is 19.3. The van der Waals surface area contributed by atoms with Crippen LogP contribution in [0.5, 0.6) is 11.5 Å². The van der Waals surface area contributed by atoms with Crippen LogP contribution in [0.25, 0.3) is 0 Å². The molecule has 0 aromatic heterocycles. The van der Waals surface area contributed by atoms with Crippen LogP contribution in [0.4, 0.5) is 17.6 Å². The maximum absolute atomic E-state index is 12.5. The fraction of sp³-hybridized carbons (Fsp3) is 0.333. The lowest BCUT2D eigenvalue weighted by Gasteiger charge is -2.18. The van der Waals surface area contributed by atoms with E-state index in [2.05, 4.69) is 9.47 Å². The van der Waals surface area contributed by atoms with Crippen LogP contribution in [0.3, 0.4) is 0 Å². The number of hydrogen-bond donors (Lipinski definition) is 0. The van der Waals surface area contributed by atoms with Gasteiger partial charge in [-0.15, -0.1) is 0 Å². The quantitative estimate of drug-likeness (QED) is 0.732. The van der Waals surface area contributed by atoms with Crippen LogP contribution in [0.15, 0.2) is 24.3 Å². The van der Waals surface area contributed by atoms with Crippen molar-refractivity contribution in [3.63, 3.8) is 0 Å². The first-order valence-electron chi connectivity index (χ1n) is 3.95.